The summed E-state index contributed by atoms with van der Waals surface area (Å²) in [4.78, 5) is 2.68. The van der Waals surface area contributed by atoms with Gasteiger partial charge in [-0.25, -0.2) is 0 Å². The molecular weight excluding hydrogens is 196 g/mol. The predicted octanol–water partition coefficient (Wildman–Crippen LogP) is 2.91. The topological polar surface area (TPSA) is 29.3 Å². The van der Waals surface area contributed by atoms with E-state index in [9.17, 15) is 0 Å². The zero-order valence-corrected chi connectivity index (χ0v) is 11.0. The van der Waals surface area contributed by atoms with E-state index in [1.54, 1.807) is 0 Å². The second-order valence-electron chi connectivity index (χ2n) is 6.22. The Bertz CT molecular complexity index is 211. The van der Waals surface area contributed by atoms with Gasteiger partial charge in [0.15, 0.2) is 0 Å². The summed E-state index contributed by atoms with van der Waals surface area (Å²) >= 11 is 0. The molecule has 2 aliphatic rings. The number of nitrogens with two attached hydrogens (primary N) is 1. The van der Waals surface area contributed by atoms with Crippen LogP contribution in [0.15, 0.2) is 0 Å². The van der Waals surface area contributed by atoms with Crippen LogP contribution in [-0.4, -0.2) is 29.1 Å². The minimum Gasteiger partial charge on any atom is -0.324 e. The van der Waals surface area contributed by atoms with Crippen LogP contribution in [0.5, 0.6) is 0 Å². The van der Waals surface area contributed by atoms with E-state index in [0.29, 0.717) is 0 Å². The van der Waals surface area contributed by atoms with Gasteiger partial charge in [-0.3, -0.25) is 4.90 Å². The summed E-state index contributed by atoms with van der Waals surface area (Å²) in [6, 6.07) is 1.48. The monoisotopic (exact) mass is 224 g/mol. The molecule has 0 bridgehead atoms. The molecule has 1 heterocycles. The Morgan fingerprint density at radius 3 is 2.12 bits per heavy atom. The zero-order valence-electron chi connectivity index (χ0n) is 11.0. The zero-order chi connectivity index (χ0) is 11.6. The summed E-state index contributed by atoms with van der Waals surface area (Å²) in [6.45, 7) is 5.89. The smallest absolute Gasteiger partial charge is 0.0283 e. The molecule has 2 nitrogen and oxygen atoms in total. The second-order valence-corrected chi connectivity index (χ2v) is 6.22. The molecule has 94 valence electrons. The van der Waals surface area contributed by atoms with Gasteiger partial charge in [0, 0.05) is 24.2 Å². The van der Waals surface area contributed by atoms with Crippen molar-refractivity contribution in [1.82, 2.24) is 4.90 Å². The fraction of sp³-hybridized carbons (Fsp3) is 1.00. The lowest BCUT2D eigenvalue weighted by atomic mass is 9.81. The highest BCUT2D eigenvalue weighted by molar-refractivity contribution is 4.93. The van der Waals surface area contributed by atoms with Crippen LogP contribution in [0.4, 0.5) is 0 Å². The number of piperidine rings is 1. The van der Waals surface area contributed by atoms with E-state index in [1.165, 1.54) is 51.4 Å². The lowest BCUT2D eigenvalue weighted by molar-refractivity contribution is 0.0643. The third-order valence-electron chi connectivity index (χ3n) is 4.72. The molecule has 2 atom stereocenters. The van der Waals surface area contributed by atoms with E-state index in [-0.39, 0.29) is 5.54 Å². The van der Waals surface area contributed by atoms with Crippen LogP contribution >= 0.6 is 0 Å². The summed E-state index contributed by atoms with van der Waals surface area (Å²) < 4.78 is 0. The molecule has 2 N–H and O–H groups in total. The average Bonchev–Trinajstić information content (AvgIpc) is 2.25. The Labute approximate surface area is 101 Å². The molecule has 1 aliphatic heterocycles. The lowest BCUT2D eigenvalue weighted by Gasteiger charge is -2.45. The van der Waals surface area contributed by atoms with Crippen LogP contribution in [0.2, 0.25) is 0 Å². The van der Waals surface area contributed by atoms with E-state index >= 15 is 0 Å². The normalized spacial score (nSPS) is 36.2. The van der Waals surface area contributed by atoms with E-state index in [4.69, 9.17) is 5.73 Å². The first kappa shape index (κ1) is 12.4. The Morgan fingerprint density at radius 2 is 1.56 bits per heavy atom. The fourth-order valence-electron chi connectivity index (χ4n) is 3.56. The number of hydrogen-bond donors (Lipinski definition) is 1. The first-order valence-corrected chi connectivity index (χ1v) is 7.15. The van der Waals surface area contributed by atoms with Gasteiger partial charge in [0.1, 0.15) is 0 Å². The molecule has 1 saturated heterocycles. The molecule has 0 unspecified atom stereocenters. The molecule has 16 heavy (non-hydrogen) atoms. The van der Waals surface area contributed by atoms with Gasteiger partial charge < -0.3 is 5.73 Å². The summed E-state index contributed by atoms with van der Waals surface area (Å²) in [5.41, 5.74) is 6.70. The number of hydrogen-bond acceptors (Lipinski definition) is 2. The van der Waals surface area contributed by atoms with Gasteiger partial charge in [0.2, 0.25) is 0 Å². The Balaban J connectivity index is 1.95. The maximum Gasteiger partial charge on any atom is 0.0283 e. The summed E-state index contributed by atoms with van der Waals surface area (Å²) in [5, 5.41) is 0. The molecule has 0 spiro atoms. The number of likely N-dealkylation sites (tertiary alicyclic amines) is 1. The van der Waals surface area contributed by atoms with Gasteiger partial charge in [0.25, 0.3) is 0 Å². The highest BCUT2D eigenvalue weighted by Gasteiger charge is 2.34. The van der Waals surface area contributed by atoms with Crippen molar-refractivity contribution in [3.63, 3.8) is 0 Å². The lowest BCUT2D eigenvalue weighted by Crippen LogP contribution is -2.56. The first-order valence-electron chi connectivity index (χ1n) is 7.15. The van der Waals surface area contributed by atoms with E-state index < -0.39 is 0 Å². The van der Waals surface area contributed by atoms with E-state index in [0.717, 1.165) is 18.6 Å². The average molecular weight is 224 g/mol. The first-order chi connectivity index (χ1) is 7.61. The molecule has 2 heteroatoms. The molecule has 0 aromatic carbocycles. The van der Waals surface area contributed by atoms with Crippen molar-refractivity contribution in [3.05, 3.63) is 0 Å². The summed E-state index contributed by atoms with van der Waals surface area (Å²) in [6.07, 6.45) is 10.7. The molecule has 1 aliphatic carbocycles. The number of rotatable bonds is 2. The van der Waals surface area contributed by atoms with Crippen molar-refractivity contribution in [1.29, 1.82) is 0 Å². The largest absolute Gasteiger partial charge is 0.324 e. The summed E-state index contributed by atoms with van der Waals surface area (Å²) in [7, 11) is 0. The molecule has 0 aromatic rings. The molecular formula is C14H28N2. The van der Waals surface area contributed by atoms with Crippen molar-refractivity contribution in [2.45, 2.75) is 82.8 Å². The second kappa shape index (κ2) is 5.05. The van der Waals surface area contributed by atoms with Crippen molar-refractivity contribution in [3.8, 4) is 0 Å². The van der Waals surface area contributed by atoms with Crippen molar-refractivity contribution in [2.75, 3.05) is 6.54 Å². The van der Waals surface area contributed by atoms with Crippen LogP contribution in [-0.2, 0) is 0 Å². The van der Waals surface area contributed by atoms with E-state index in [2.05, 4.69) is 18.7 Å². The van der Waals surface area contributed by atoms with Crippen LogP contribution in [0.3, 0.4) is 0 Å². The molecule has 0 aromatic heterocycles. The van der Waals surface area contributed by atoms with Gasteiger partial charge in [0.05, 0.1) is 0 Å². The van der Waals surface area contributed by atoms with Crippen LogP contribution in [0.25, 0.3) is 0 Å². The van der Waals surface area contributed by atoms with Gasteiger partial charge in [-0.05, 0) is 39.5 Å². The van der Waals surface area contributed by atoms with Crippen LogP contribution in [0, 0.1) is 0 Å². The van der Waals surface area contributed by atoms with Crippen molar-refractivity contribution in [2.24, 2.45) is 5.73 Å². The van der Waals surface area contributed by atoms with Crippen LogP contribution in [0.1, 0.15) is 65.2 Å². The molecule has 2 rings (SSSR count). The van der Waals surface area contributed by atoms with Crippen molar-refractivity contribution >= 4 is 0 Å². The highest BCUT2D eigenvalue weighted by Crippen LogP contribution is 2.30. The molecule has 0 amide bonds. The minimum absolute atomic E-state index is 0.123. The van der Waals surface area contributed by atoms with Gasteiger partial charge >= 0.3 is 0 Å². The van der Waals surface area contributed by atoms with Gasteiger partial charge in [-0.2, -0.15) is 0 Å². The SMILES string of the molecule is C[C@@H]1CCC[C@H](C)N1CC1(N)CCCCC1. The Morgan fingerprint density at radius 1 is 1.00 bits per heavy atom. The maximum atomic E-state index is 6.57. The molecule has 0 radical (unpaired) electrons. The predicted molar refractivity (Wildman–Crippen MR) is 69.5 cm³/mol. The molecule has 1 saturated carbocycles. The third kappa shape index (κ3) is 2.78. The maximum absolute atomic E-state index is 6.57. The summed E-state index contributed by atoms with van der Waals surface area (Å²) in [5.74, 6) is 0. The quantitative estimate of drug-likeness (QED) is 0.781. The Hall–Kier alpha value is -0.0800. The minimum atomic E-state index is 0.123. The van der Waals surface area contributed by atoms with Crippen LogP contribution < -0.4 is 5.73 Å². The third-order valence-corrected chi connectivity index (χ3v) is 4.72. The van der Waals surface area contributed by atoms with Gasteiger partial charge in [-0.15, -0.1) is 0 Å². The number of nitrogens with zero attached hydrogens (tertiary/aromatic N) is 1. The standard InChI is InChI=1S/C14H28N2/c1-12-7-6-8-13(2)16(12)11-14(15)9-4-3-5-10-14/h12-13H,3-11,15H2,1-2H3/t12-,13+. The van der Waals surface area contributed by atoms with Gasteiger partial charge in [-0.1, -0.05) is 25.7 Å². The Kier molecular flexibility index (Phi) is 3.91. The fourth-order valence-corrected chi connectivity index (χ4v) is 3.56. The van der Waals surface area contributed by atoms with Crippen molar-refractivity contribution < 1.29 is 0 Å². The highest BCUT2D eigenvalue weighted by atomic mass is 15.2. The van der Waals surface area contributed by atoms with E-state index in [1.807, 2.05) is 0 Å². The molecule has 2 fully saturated rings.